The Morgan fingerprint density at radius 2 is 1.47 bits per heavy atom. The number of aromatic nitrogens is 2. The highest BCUT2D eigenvalue weighted by atomic mass is 32.1. The van der Waals surface area contributed by atoms with Gasteiger partial charge in [0.25, 0.3) is 11.8 Å². The molecular weight excluding hydrogens is 490 g/mol. The van der Waals surface area contributed by atoms with Crippen molar-refractivity contribution in [2.75, 3.05) is 5.32 Å². The van der Waals surface area contributed by atoms with E-state index in [1.807, 2.05) is 102 Å². The van der Waals surface area contributed by atoms with Crippen LogP contribution in [0.25, 0.3) is 16.3 Å². The first kappa shape index (κ1) is 23.4. The number of amides is 2. The molecule has 5 rings (SSSR count). The maximum atomic E-state index is 13.1. The Morgan fingerprint density at radius 3 is 2.17 bits per heavy atom. The van der Waals surface area contributed by atoms with E-state index < -0.39 is 0 Å². The van der Waals surface area contributed by atoms with Gasteiger partial charge < -0.3 is 5.32 Å². The highest BCUT2D eigenvalue weighted by molar-refractivity contribution is 7.16. The molecule has 9 heteroatoms. The number of hydrogen-bond donors (Lipinski definition) is 2. The smallest absolute Gasteiger partial charge is 0.283 e. The predicted octanol–water partition coefficient (Wildman–Crippen LogP) is 5.47. The van der Waals surface area contributed by atoms with Crippen molar-refractivity contribution < 1.29 is 9.59 Å². The summed E-state index contributed by atoms with van der Waals surface area (Å²) >= 11 is 2.50. The molecule has 0 bridgehead atoms. The minimum atomic E-state index is -0.365. The van der Waals surface area contributed by atoms with Gasteiger partial charge in [-0.15, -0.1) is 16.4 Å². The van der Waals surface area contributed by atoms with Gasteiger partial charge >= 0.3 is 0 Å². The Labute approximate surface area is 215 Å². The summed E-state index contributed by atoms with van der Waals surface area (Å²) in [6, 6.07) is 28.6. The quantitative estimate of drug-likeness (QED) is 0.296. The summed E-state index contributed by atoms with van der Waals surface area (Å²) in [5.41, 5.74) is 5.84. The molecule has 178 valence electrons. The van der Waals surface area contributed by atoms with Crippen molar-refractivity contribution >= 4 is 40.2 Å². The third-order valence-corrected chi connectivity index (χ3v) is 7.49. The lowest BCUT2D eigenvalue weighted by molar-refractivity contribution is 0.0956. The van der Waals surface area contributed by atoms with Crippen LogP contribution in [-0.2, 0) is 0 Å². The Morgan fingerprint density at radius 1 is 0.833 bits per heavy atom. The van der Waals surface area contributed by atoms with Gasteiger partial charge in [-0.1, -0.05) is 78.1 Å². The van der Waals surface area contributed by atoms with Crippen molar-refractivity contribution in [3.05, 3.63) is 117 Å². The van der Waals surface area contributed by atoms with Crippen LogP contribution in [0, 0.1) is 6.92 Å². The van der Waals surface area contributed by atoms with Crippen molar-refractivity contribution in [2.45, 2.75) is 6.92 Å². The van der Waals surface area contributed by atoms with Crippen LogP contribution in [0.15, 0.2) is 102 Å². The Balaban J connectivity index is 1.46. The van der Waals surface area contributed by atoms with E-state index in [1.54, 1.807) is 6.20 Å². The molecule has 2 heterocycles. The molecule has 0 saturated carbocycles. The minimum absolute atomic E-state index is 0.240. The van der Waals surface area contributed by atoms with Crippen LogP contribution in [0.5, 0.6) is 0 Å². The standard InChI is InChI=1S/C27H21N5O2S2/c1-18-23(25(34)29-20-13-7-3-8-14-20)36-27(32(18)21-15-9-4-10-16-21)31-30-24(33)22-17-28-26(35-22)19-11-5-2-6-12-19/h2-17H,1H3,(H,29,34)(H,30,33)/b31-27-. The van der Waals surface area contributed by atoms with Crippen LogP contribution >= 0.6 is 22.7 Å². The molecule has 0 atom stereocenters. The number of para-hydroxylation sites is 2. The molecule has 0 aliphatic heterocycles. The van der Waals surface area contributed by atoms with Crippen LogP contribution in [0.4, 0.5) is 5.69 Å². The zero-order chi connectivity index (χ0) is 24.9. The normalized spacial score (nSPS) is 11.3. The van der Waals surface area contributed by atoms with Crippen molar-refractivity contribution in [1.29, 1.82) is 0 Å². The molecule has 2 aromatic heterocycles. The molecule has 2 amide bonds. The zero-order valence-corrected chi connectivity index (χ0v) is 20.8. The highest BCUT2D eigenvalue weighted by Crippen LogP contribution is 2.25. The van der Waals surface area contributed by atoms with Crippen molar-refractivity contribution in [2.24, 2.45) is 5.10 Å². The van der Waals surface area contributed by atoms with E-state index >= 15 is 0 Å². The van der Waals surface area contributed by atoms with Gasteiger partial charge in [-0.3, -0.25) is 14.2 Å². The molecule has 0 saturated heterocycles. The van der Waals surface area contributed by atoms with Gasteiger partial charge in [-0.25, -0.2) is 10.4 Å². The molecule has 36 heavy (non-hydrogen) atoms. The summed E-state index contributed by atoms with van der Waals surface area (Å²) in [7, 11) is 0. The van der Waals surface area contributed by atoms with Crippen molar-refractivity contribution in [3.63, 3.8) is 0 Å². The van der Waals surface area contributed by atoms with Gasteiger partial charge in [0.05, 0.1) is 6.20 Å². The number of hydrogen-bond acceptors (Lipinski definition) is 6. The van der Waals surface area contributed by atoms with Gasteiger partial charge in [0.15, 0.2) is 0 Å². The van der Waals surface area contributed by atoms with E-state index in [9.17, 15) is 9.59 Å². The number of carbonyl (C=O) groups is 2. The molecule has 0 spiro atoms. The molecule has 7 nitrogen and oxygen atoms in total. The molecule has 5 aromatic rings. The second-order valence-corrected chi connectivity index (χ2v) is 9.75. The number of rotatable bonds is 6. The fourth-order valence-electron chi connectivity index (χ4n) is 3.58. The van der Waals surface area contributed by atoms with Crippen LogP contribution in [0.3, 0.4) is 0 Å². The van der Waals surface area contributed by atoms with Gasteiger partial charge in [0.2, 0.25) is 4.80 Å². The lowest BCUT2D eigenvalue weighted by atomic mass is 10.2. The topological polar surface area (TPSA) is 88.4 Å². The molecule has 0 radical (unpaired) electrons. The summed E-state index contributed by atoms with van der Waals surface area (Å²) in [5, 5.41) is 8.07. The van der Waals surface area contributed by atoms with Crippen LogP contribution in [0.2, 0.25) is 0 Å². The minimum Gasteiger partial charge on any atom is -0.321 e. The van der Waals surface area contributed by atoms with Crippen LogP contribution < -0.4 is 15.5 Å². The number of thiazole rings is 2. The lowest BCUT2D eigenvalue weighted by Crippen LogP contribution is -2.23. The SMILES string of the molecule is Cc1c(C(=O)Nc2ccccc2)s/c(=N\NC(=O)c2cnc(-c3ccccc3)s2)n1-c1ccccc1. The van der Waals surface area contributed by atoms with Crippen molar-refractivity contribution in [1.82, 2.24) is 15.0 Å². The van der Waals surface area contributed by atoms with E-state index in [2.05, 4.69) is 20.8 Å². The number of benzene rings is 3. The monoisotopic (exact) mass is 511 g/mol. The number of carbonyl (C=O) groups excluding carboxylic acids is 2. The first-order valence-corrected chi connectivity index (χ1v) is 12.7. The van der Waals surface area contributed by atoms with Gasteiger partial charge in [-0.05, 0) is 31.2 Å². The van der Waals surface area contributed by atoms with E-state index in [4.69, 9.17) is 0 Å². The highest BCUT2D eigenvalue weighted by Gasteiger charge is 2.19. The summed E-state index contributed by atoms with van der Waals surface area (Å²) < 4.78 is 1.85. The van der Waals surface area contributed by atoms with Crippen LogP contribution in [-0.4, -0.2) is 21.4 Å². The van der Waals surface area contributed by atoms with Crippen LogP contribution in [0.1, 0.15) is 25.0 Å². The van der Waals surface area contributed by atoms with E-state index in [0.717, 1.165) is 22.0 Å². The number of nitrogens with one attached hydrogen (secondary N) is 2. The Kier molecular flexibility index (Phi) is 6.83. The zero-order valence-electron chi connectivity index (χ0n) is 19.2. The maximum absolute atomic E-state index is 13.1. The maximum Gasteiger partial charge on any atom is 0.283 e. The van der Waals surface area contributed by atoms with E-state index in [-0.39, 0.29) is 11.8 Å². The van der Waals surface area contributed by atoms with E-state index in [0.29, 0.717) is 20.2 Å². The molecular formula is C27H21N5O2S2. The van der Waals surface area contributed by atoms with Gasteiger partial charge in [0, 0.05) is 22.6 Å². The predicted molar refractivity (Wildman–Crippen MR) is 143 cm³/mol. The second kappa shape index (κ2) is 10.5. The molecule has 0 aliphatic rings. The summed E-state index contributed by atoms with van der Waals surface area (Å²) in [6.07, 6.45) is 1.54. The fourth-order valence-corrected chi connectivity index (χ4v) is 5.38. The Bertz CT molecular complexity index is 1570. The van der Waals surface area contributed by atoms with Crippen molar-refractivity contribution in [3.8, 4) is 16.3 Å². The summed E-state index contributed by atoms with van der Waals surface area (Å²) in [5.74, 6) is -0.605. The molecule has 0 unspecified atom stereocenters. The first-order valence-electron chi connectivity index (χ1n) is 11.1. The largest absolute Gasteiger partial charge is 0.321 e. The van der Waals surface area contributed by atoms with Gasteiger partial charge in [-0.2, -0.15) is 0 Å². The molecule has 0 aliphatic carbocycles. The molecule has 0 fully saturated rings. The third-order valence-electron chi connectivity index (χ3n) is 5.30. The average molecular weight is 512 g/mol. The first-order chi connectivity index (χ1) is 17.6. The summed E-state index contributed by atoms with van der Waals surface area (Å²) in [6.45, 7) is 1.86. The average Bonchev–Trinajstić information content (AvgIpc) is 3.54. The lowest BCUT2D eigenvalue weighted by Gasteiger charge is -2.07. The van der Waals surface area contributed by atoms with E-state index in [1.165, 1.54) is 22.7 Å². The number of anilines is 1. The third kappa shape index (κ3) is 5.02. The molecule has 3 aromatic carbocycles. The van der Waals surface area contributed by atoms with Gasteiger partial charge in [0.1, 0.15) is 14.8 Å². The molecule has 2 N–H and O–H groups in total. The fraction of sp³-hybridized carbons (Fsp3) is 0.0370. The second-order valence-electron chi connectivity index (χ2n) is 7.74. The summed E-state index contributed by atoms with van der Waals surface area (Å²) in [4.78, 5) is 31.7. The number of nitrogens with zero attached hydrogens (tertiary/aromatic N) is 3. The Hall–Kier alpha value is -4.34.